The summed E-state index contributed by atoms with van der Waals surface area (Å²) >= 11 is 0. The van der Waals surface area contributed by atoms with Gasteiger partial charge in [-0.05, 0) is 104 Å². The van der Waals surface area contributed by atoms with E-state index in [1.165, 1.54) is 59.5 Å². The maximum atomic E-state index is 2.27. The molecule has 0 radical (unpaired) electrons. The van der Waals surface area contributed by atoms with Gasteiger partial charge in [0, 0.05) is 0 Å². The van der Waals surface area contributed by atoms with E-state index in [-0.39, 0.29) is 61.7 Å². The monoisotopic (exact) mass is 807 g/mol. The first-order valence-electron chi connectivity index (χ1n) is 13.6. The smallest absolute Gasteiger partial charge is 1.00 e. The van der Waals surface area contributed by atoms with E-state index in [4.69, 9.17) is 0 Å². The molecule has 4 aromatic rings. The van der Waals surface area contributed by atoms with Gasteiger partial charge in [-0.1, -0.05) is 121 Å². The predicted octanol–water partition coefficient (Wildman–Crippen LogP) is 0.148. The molecule has 4 rings (SSSR count). The first kappa shape index (κ1) is 39.9. The molecule has 0 aliphatic carbocycles. The summed E-state index contributed by atoms with van der Waals surface area (Å²) in [5, 5.41) is 5.95. The number of rotatable bonds is 12. The van der Waals surface area contributed by atoms with E-state index in [0.717, 1.165) is 0 Å². The standard InChI is InChI=1S/2C17H22NP.2ClH.Pt/c2*1-18(2)14-9-15-19(16-10-5-3-6-11-16)17-12-7-4-8-13-17;;;/h2*3-8,10-13H,9,14-15H2,1-2H3;2*1H;/q;;;;+2/p-2. The molecule has 0 atom stereocenters. The van der Waals surface area contributed by atoms with Crippen LogP contribution in [0.5, 0.6) is 0 Å². The SMILES string of the molecule is CN(C)CCCP(c1ccccc1)c1ccccc1.CN(C)CCCP(c1ccccc1)c1ccccc1.[Cl-].[Cl-].[Pt+2]. The van der Waals surface area contributed by atoms with Crippen molar-refractivity contribution in [1.82, 2.24) is 9.80 Å². The van der Waals surface area contributed by atoms with Crippen LogP contribution in [0.4, 0.5) is 0 Å². The molecule has 0 aliphatic rings. The molecular formula is C34H44Cl2N2P2Pt. The Balaban J connectivity index is 0.000000727. The molecule has 0 unspecified atom stereocenters. The molecule has 0 aromatic heterocycles. The van der Waals surface area contributed by atoms with Crippen molar-refractivity contribution in [2.45, 2.75) is 12.8 Å². The van der Waals surface area contributed by atoms with Crippen molar-refractivity contribution in [3.63, 3.8) is 0 Å². The van der Waals surface area contributed by atoms with Crippen molar-refractivity contribution in [1.29, 1.82) is 0 Å². The third-order valence-electron chi connectivity index (χ3n) is 6.25. The van der Waals surface area contributed by atoms with Gasteiger partial charge >= 0.3 is 21.1 Å². The van der Waals surface area contributed by atoms with E-state index >= 15 is 0 Å². The zero-order valence-corrected chi connectivity index (χ0v) is 30.2. The molecule has 0 bridgehead atoms. The third kappa shape index (κ3) is 15.3. The van der Waals surface area contributed by atoms with Gasteiger partial charge in [-0.15, -0.1) is 0 Å². The minimum Gasteiger partial charge on any atom is -1.00 e. The molecule has 0 aliphatic heterocycles. The van der Waals surface area contributed by atoms with Crippen molar-refractivity contribution in [2.24, 2.45) is 0 Å². The van der Waals surface area contributed by atoms with Crippen LogP contribution in [0.1, 0.15) is 12.8 Å². The molecule has 0 N–H and O–H groups in total. The van der Waals surface area contributed by atoms with Gasteiger partial charge in [0.2, 0.25) is 0 Å². The van der Waals surface area contributed by atoms with Gasteiger partial charge in [0.1, 0.15) is 0 Å². The van der Waals surface area contributed by atoms with E-state index in [1.807, 2.05) is 0 Å². The fraction of sp³-hybridized carbons (Fsp3) is 0.294. The van der Waals surface area contributed by atoms with E-state index in [1.54, 1.807) is 0 Å². The zero-order valence-electron chi connectivity index (χ0n) is 24.7. The van der Waals surface area contributed by atoms with Gasteiger partial charge in [-0.25, -0.2) is 0 Å². The zero-order chi connectivity index (χ0) is 27.0. The van der Waals surface area contributed by atoms with Crippen LogP contribution in [0.25, 0.3) is 0 Å². The maximum Gasteiger partial charge on any atom is 2.00 e. The topological polar surface area (TPSA) is 6.48 Å². The van der Waals surface area contributed by atoms with Crippen LogP contribution < -0.4 is 46.0 Å². The quantitative estimate of drug-likeness (QED) is 0.189. The number of hydrogen-bond acceptors (Lipinski definition) is 2. The summed E-state index contributed by atoms with van der Waals surface area (Å²) in [6, 6.07) is 43.8. The normalized spacial score (nSPS) is 10.3. The molecule has 2 nitrogen and oxygen atoms in total. The molecule has 224 valence electrons. The summed E-state index contributed by atoms with van der Waals surface area (Å²) in [6.07, 6.45) is 5.04. The summed E-state index contributed by atoms with van der Waals surface area (Å²) in [4.78, 5) is 4.53. The van der Waals surface area contributed by atoms with Crippen LogP contribution in [-0.4, -0.2) is 63.4 Å². The average Bonchev–Trinajstić information content (AvgIpc) is 2.95. The van der Waals surface area contributed by atoms with Gasteiger partial charge < -0.3 is 34.6 Å². The number of benzene rings is 4. The molecule has 0 fully saturated rings. The van der Waals surface area contributed by atoms with Crippen molar-refractivity contribution >= 4 is 37.1 Å². The van der Waals surface area contributed by atoms with Crippen molar-refractivity contribution in [2.75, 3.05) is 53.6 Å². The van der Waals surface area contributed by atoms with E-state index in [2.05, 4.69) is 159 Å². The summed E-state index contributed by atoms with van der Waals surface area (Å²) < 4.78 is 0. The molecule has 0 saturated carbocycles. The van der Waals surface area contributed by atoms with Gasteiger partial charge in [0.05, 0.1) is 0 Å². The second-order valence-electron chi connectivity index (χ2n) is 9.96. The van der Waals surface area contributed by atoms with Crippen LogP contribution in [0.2, 0.25) is 0 Å². The summed E-state index contributed by atoms with van der Waals surface area (Å²) in [7, 11) is 8.17. The number of halogens is 2. The van der Waals surface area contributed by atoms with Crippen LogP contribution in [0, 0.1) is 0 Å². The molecule has 0 spiro atoms. The Labute approximate surface area is 278 Å². The average molecular weight is 809 g/mol. The van der Waals surface area contributed by atoms with Crippen LogP contribution in [-0.2, 0) is 21.1 Å². The number of nitrogens with zero attached hydrogens (tertiary/aromatic N) is 2. The van der Waals surface area contributed by atoms with E-state index < -0.39 is 0 Å². The Kier molecular flexibility index (Phi) is 22.8. The fourth-order valence-corrected chi connectivity index (χ4v) is 9.01. The van der Waals surface area contributed by atoms with Gasteiger partial charge in [-0.2, -0.15) is 0 Å². The number of hydrogen-bond donors (Lipinski definition) is 0. The Morgan fingerprint density at radius 1 is 0.415 bits per heavy atom. The third-order valence-corrected chi connectivity index (χ3v) is 11.5. The van der Waals surface area contributed by atoms with Crippen molar-refractivity contribution < 1.29 is 45.9 Å². The Morgan fingerprint density at radius 3 is 0.829 bits per heavy atom. The Morgan fingerprint density at radius 2 is 0.634 bits per heavy atom. The van der Waals surface area contributed by atoms with Gasteiger partial charge in [0.15, 0.2) is 0 Å². The first-order valence-corrected chi connectivity index (χ1v) is 16.6. The molecule has 0 heterocycles. The second kappa shape index (κ2) is 23.4. The Hall–Kier alpha value is -1.07. The molecule has 7 heteroatoms. The van der Waals surface area contributed by atoms with Crippen LogP contribution in [0.15, 0.2) is 121 Å². The Bertz CT molecular complexity index is 967. The predicted molar refractivity (Wildman–Crippen MR) is 174 cm³/mol. The van der Waals surface area contributed by atoms with E-state index in [9.17, 15) is 0 Å². The molecule has 4 aromatic carbocycles. The fourth-order valence-electron chi connectivity index (χ4n) is 4.34. The van der Waals surface area contributed by atoms with Crippen LogP contribution in [0.3, 0.4) is 0 Å². The molecular weight excluding hydrogens is 764 g/mol. The van der Waals surface area contributed by atoms with E-state index in [0.29, 0.717) is 0 Å². The van der Waals surface area contributed by atoms with Gasteiger partial charge in [-0.3, -0.25) is 0 Å². The second-order valence-corrected chi connectivity index (χ2v) is 14.6. The first-order chi connectivity index (χ1) is 18.5. The van der Waals surface area contributed by atoms with Gasteiger partial charge in [0.25, 0.3) is 0 Å². The van der Waals surface area contributed by atoms with Crippen LogP contribution >= 0.6 is 15.8 Å². The van der Waals surface area contributed by atoms with Crippen molar-refractivity contribution in [3.05, 3.63) is 121 Å². The van der Waals surface area contributed by atoms with Crippen molar-refractivity contribution in [3.8, 4) is 0 Å². The molecule has 41 heavy (non-hydrogen) atoms. The minimum atomic E-state index is -0.208. The maximum absolute atomic E-state index is 2.27. The minimum absolute atomic E-state index is 0. The summed E-state index contributed by atoms with van der Waals surface area (Å²) in [5.74, 6) is 0. The summed E-state index contributed by atoms with van der Waals surface area (Å²) in [6.45, 7) is 2.33. The largest absolute Gasteiger partial charge is 2.00 e. The molecule has 0 saturated heterocycles. The summed E-state index contributed by atoms with van der Waals surface area (Å²) in [5.41, 5.74) is 0. The molecule has 0 amide bonds.